The first kappa shape index (κ1) is 38.9. The summed E-state index contributed by atoms with van der Waals surface area (Å²) in [5, 5.41) is 25.2. The SMILES string of the molecule is Cc1cc(C#N)cc(-c2c(-n3c4ccc(-c5ncccn5)cc4c4cc(-c5ncccn5)ccc43)cc(C#N)cc2-n2c3ccc(-c4ncccn4)cc3c3cc(-c4ncccn4)ccc32)c1. The molecule has 0 radical (unpaired) electrons. The third-order valence-electron chi connectivity index (χ3n) is 12.0. The molecule has 0 spiro atoms. The van der Waals surface area contributed by atoms with E-state index < -0.39 is 0 Å². The number of fused-ring (bicyclic) bond motifs is 6. The first-order valence-corrected chi connectivity index (χ1v) is 21.4. The number of hydrogen-bond donors (Lipinski definition) is 0. The van der Waals surface area contributed by atoms with Gasteiger partial charge < -0.3 is 9.13 Å². The van der Waals surface area contributed by atoms with Crippen LogP contribution in [0.15, 0.2) is 177 Å². The number of aromatic nitrogens is 10. The standard InChI is InChI=1S/C55H32N12/c1-33-22-34(31-56)24-40(23-33)51-49(66-45-10-6-36(52-58-14-2-15-59-52)27-41(45)42-28-37(7-11-46(42)66)53-60-16-3-17-61-53)25-35(32-57)26-50(51)67-47-12-8-38(54-62-18-4-19-63-54)29-43(47)44-30-39(9-13-48(44)67)55-64-20-5-21-65-55/h2-30H,1H3. The molecule has 0 bridgehead atoms. The van der Waals surface area contributed by atoms with Crippen molar-refractivity contribution in [3.63, 3.8) is 0 Å². The number of hydrogen-bond acceptors (Lipinski definition) is 10. The molecule has 0 fully saturated rings. The van der Waals surface area contributed by atoms with E-state index >= 15 is 0 Å². The Kier molecular flexibility index (Phi) is 9.15. The van der Waals surface area contributed by atoms with Crippen LogP contribution < -0.4 is 0 Å². The molecule has 12 aromatic rings. The lowest BCUT2D eigenvalue weighted by Gasteiger charge is -2.21. The summed E-state index contributed by atoms with van der Waals surface area (Å²) in [5.41, 5.74) is 11.9. The van der Waals surface area contributed by atoms with Crippen molar-refractivity contribution < 1.29 is 0 Å². The Morgan fingerprint density at radius 1 is 0.358 bits per heavy atom. The zero-order chi connectivity index (χ0) is 45.0. The second-order valence-corrected chi connectivity index (χ2v) is 16.1. The molecule has 12 heteroatoms. The Morgan fingerprint density at radius 2 is 0.672 bits per heavy atom. The Bertz CT molecular complexity index is 3590. The van der Waals surface area contributed by atoms with Crippen LogP contribution in [0.25, 0.3) is 112 Å². The van der Waals surface area contributed by atoms with Crippen molar-refractivity contribution in [1.29, 1.82) is 10.5 Å². The van der Waals surface area contributed by atoms with Gasteiger partial charge in [0.05, 0.1) is 56.7 Å². The molecular weight excluding hydrogens is 829 g/mol. The molecule has 0 atom stereocenters. The quantitative estimate of drug-likeness (QED) is 0.151. The minimum absolute atomic E-state index is 0.444. The van der Waals surface area contributed by atoms with E-state index in [-0.39, 0.29) is 0 Å². The third-order valence-corrected chi connectivity index (χ3v) is 12.0. The van der Waals surface area contributed by atoms with Gasteiger partial charge in [-0.2, -0.15) is 10.5 Å². The van der Waals surface area contributed by atoms with Crippen molar-refractivity contribution in [3.8, 4) is 80.2 Å². The van der Waals surface area contributed by atoms with Gasteiger partial charge in [0.2, 0.25) is 0 Å². The molecule has 67 heavy (non-hydrogen) atoms. The summed E-state index contributed by atoms with van der Waals surface area (Å²) in [6.45, 7) is 2.00. The van der Waals surface area contributed by atoms with Gasteiger partial charge in [0.15, 0.2) is 23.3 Å². The second-order valence-electron chi connectivity index (χ2n) is 16.1. The molecule has 6 aromatic carbocycles. The first-order chi connectivity index (χ1) is 33.0. The molecule has 12 nitrogen and oxygen atoms in total. The van der Waals surface area contributed by atoms with E-state index in [9.17, 15) is 10.5 Å². The number of rotatable bonds is 7. The van der Waals surface area contributed by atoms with Crippen LogP contribution in [-0.4, -0.2) is 49.0 Å². The highest BCUT2D eigenvalue weighted by atomic mass is 15.0. The summed E-state index contributed by atoms with van der Waals surface area (Å²) in [6, 6.07) is 46.8. The maximum absolute atomic E-state index is 11.0. The number of nitriles is 2. The number of aryl methyl sites for hydroxylation is 1. The largest absolute Gasteiger partial charge is 0.308 e. The van der Waals surface area contributed by atoms with Crippen LogP contribution in [0.5, 0.6) is 0 Å². The topological polar surface area (TPSA) is 161 Å². The summed E-state index contributed by atoms with van der Waals surface area (Å²) < 4.78 is 4.43. The van der Waals surface area contributed by atoms with E-state index in [1.807, 2.05) is 55.5 Å². The normalized spacial score (nSPS) is 11.3. The lowest BCUT2D eigenvalue weighted by molar-refractivity contribution is 1.13. The van der Waals surface area contributed by atoms with Crippen LogP contribution in [0.2, 0.25) is 0 Å². The van der Waals surface area contributed by atoms with Gasteiger partial charge in [0.1, 0.15) is 0 Å². The lowest BCUT2D eigenvalue weighted by atomic mass is 9.95. The zero-order valence-electron chi connectivity index (χ0n) is 35.6. The predicted octanol–water partition coefficient (Wildman–Crippen LogP) is 11.4. The van der Waals surface area contributed by atoms with Crippen molar-refractivity contribution in [2.75, 3.05) is 0 Å². The highest BCUT2D eigenvalue weighted by Crippen LogP contribution is 2.45. The predicted molar refractivity (Wildman–Crippen MR) is 259 cm³/mol. The fraction of sp³-hybridized carbons (Fsp3) is 0.0182. The van der Waals surface area contributed by atoms with Gasteiger partial charge in [0, 0.05) is 98.9 Å². The van der Waals surface area contributed by atoms with Crippen LogP contribution in [0, 0.1) is 29.6 Å². The van der Waals surface area contributed by atoms with Gasteiger partial charge in [-0.25, -0.2) is 39.9 Å². The average Bonchev–Trinajstić information content (AvgIpc) is 3.90. The maximum Gasteiger partial charge on any atom is 0.159 e. The Morgan fingerprint density at radius 3 is 0.985 bits per heavy atom. The summed E-state index contributed by atoms with van der Waals surface area (Å²) in [5.74, 6) is 2.39. The maximum atomic E-state index is 11.0. The van der Waals surface area contributed by atoms with Gasteiger partial charge in [-0.3, -0.25) is 0 Å². The molecule has 0 N–H and O–H groups in total. The van der Waals surface area contributed by atoms with E-state index in [1.54, 1.807) is 73.8 Å². The van der Waals surface area contributed by atoms with Gasteiger partial charge in [-0.15, -0.1) is 0 Å². The smallest absolute Gasteiger partial charge is 0.159 e. The van der Waals surface area contributed by atoms with E-state index in [4.69, 9.17) is 0 Å². The fourth-order valence-electron chi connectivity index (χ4n) is 9.23. The molecule has 6 aromatic heterocycles. The van der Waals surface area contributed by atoms with E-state index in [2.05, 4.69) is 116 Å². The van der Waals surface area contributed by atoms with Crippen molar-refractivity contribution in [2.45, 2.75) is 6.92 Å². The van der Waals surface area contributed by atoms with Gasteiger partial charge in [-0.1, -0.05) is 6.07 Å². The van der Waals surface area contributed by atoms with E-state index in [0.717, 1.165) is 93.9 Å². The minimum Gasteiger partial charge on any atom is -0.308 e. The van der Waals surface area contributed by atoms with Crippen LogP contribution >= 0.6 is 0 Å². The average molecular weight is 861 g/mol. The first-order valence-electron chi connectivity index (χ1n) is 21.4. The number of nitrogens with zero attached hydrogens (tertiary/aromatic N) is 12. The van der Waals surface area contributed by atoms with Gasteiger partial charge >= 0.3 is 0 Å². The molecule has 6 heterocycles. The lowest BCUT2D eigenvalue weighted by Crippen LogP contribution is -2.05. The molecule has 0 unspecified atom stereocenters. The van der Waals surface area contributed by atoms with Crippen molar-refractivity contribution in [2.24, 2.45) is 0 Å². The summed E-state index contributed by atoms with van der Waals surface area (Å²) in [4.78, 5) is 36.7. The molecule has 0 aliphatic carbocycles. The molecule has 0 saturated carbocycles. The van der Waals surface area contributed by atoms with Crippen molar-refractivity contribution in [3.05, 3.63) is 194 Å². The molecule has 0 amide bonds. The summed E-state index contributed by atoms with van der Waals surface area (Å²) in [6.07, 6.45) is 13.9. The van der Waals surface area contributed by atoms with Crippen molar-refractivity contribution in [1.82, 2.24) is 49.0 Å². The van der Waals surface area contributed by atoms with E-state index in [1.165, 1.54) is 0 Å². The van der Waals surface area contributed by atoms with Crippen molar-refractivity contribution >= 4 is 43.6 Å². The van der Waals surface area contributed by atoms with Gasteiger partial charge in [-0.05, 0) is 139 Å². The number of benzene rings is 6. The Balaban J connectivity index is 1.22. The molecule has 0 saturated heterocycles. The Labute approximate surface area is 382 Å². The molecule has 12 rings (SSSR count). The molecular formula is C55H32N12. The summed E-state index contributed by atoms with van der Waals surface area (Å²) in [7, 11) is 0. The zero-order valence-corrected chi connectivity index (χ0v) is 35.6. The second kappa shape index (κ2) is 15.8. The van der Waals surface area contributed by atoms with E-state index in [0.29, 0.717) is 34.4 Å². The third kappa shape index (κ3) is 6.60. The molecule has 312 valence electrons. The van der Waals surface area contributed by atoms with Crippen LogP contribution in [0.4, 0.5) is 0 Å². The summed E-state index contributed by atoms with van der Waals surface area (Å²) >= 11 is 0. The monoisotopic (exact) mass is 860 g/mol. The highest BCUT2D eigenvalue weighted by molar-refractivity contribution is 6.14. The van der Waals surface area contributed by atoms with Crippen LogP contribution in [0.1, 0.15) is 16.7 Å². The fourth-order valence-corrected chi connectivity index (χ4v) is 9.23. The molecule has 0 aliphatic rings. The highest BCUT2D eigenvalue weighted by Gasteiger charge is 2.25. The van der Waals surface area contributed by atoms with Crippen LogP contribution in [0.3, 0.4) is 0 Å². The minimum atomic E-state index is 0.444. The molecule has 0 aliphatic heterocycles. The van der Waals surface area contributed by atoms with Crippen LogP contribution in [-0.2, 0) is 0 Å². The Hall–Kier alpha value is -9.78. The van der Waals surface area contributed by atoms with Gasteiger partial charge in [0.25, 0.3) is 0 Å².